The van der Waals surface area contributed by atoms with Crippen LogP contribution in [0.4, 0.5) is 14.4 Å². The topological polar surface area (TPSA) is 505 Å². The third-order valence-corrected chi connectivity index (χ3v) is 0. The van der Waals surface area contributed by atoms with E-state index in [0.717, 1.165) is 0 Å². The molecule has 0 aliphatic rings. The van der Waals surface area contributed by atoms with Crippen LogP contribution in [-0.4, -0.2) is 73.2 Å². The first-order valence-electron chi connectivity index (χ1n) is 1.84. The minimum atomic E-state index is -2.33. The third-order valence-electron chi connectivity index (χ3n) is 0. The van der Waals surface area contributed by atoms with Crippen LogP contribution < -0.4 is 30.6 Å². The summed E-state index contributed by atoms with van der Waals surface area (Å²) in [5, 5.41) is 50.0. The normalized spacial score (nSPS) is 3.00. The SMILES string of the molecule is O.O.O.O.O.O.O.O.O.O.O=C([O-])[O-].O=C([O-])[O-].O=C([O-])[O-].[Nd+3].[Nd+3]. The predicted molar refractivity (Wildman–Crippen MR) is 52.3 cm³/mol. The van der Waals surface area contributed by atoms with Gasteiger partial charge in [0, 0.05) is 0 Å². The summed E-state index contributed by atoms with van der Waals surface area (Å²) in [7, 11) is 0. The fourth-order valence-corrected chi connectivity index (χ4v) is 0. The van der Waals surface area contributed by atoms with Crippen molar-refractivity contribution in [1.82, 2.24) is 0 Å². The molecule has 0 aliphatic heterocycles. The second-order valence-electron chi connectivity index (χ2n) is 0.750. The zero-order chi connectivity index (χ0) is 10.7. The van der Waals surface area contributed by atoms with Gasteiger partial charge in [0.05, 0.1) is 0 Å². The van der Waals surface area contributed by atoms with Crippen molar-refractivity contribution in [3.63, 3.8) is 0 Å². The Morgan fingerprint density at radius 3 is 0.333 bits per heavy atom. The van der Waals surface area contributed by atoms with Gasteiger partial charge in [0.1, 0.15) is 0 Å². The molecule has 21 heteroatoms. The van der Waals surface area contributed by atoms with Gasteiger partial charge in [-0.1, -0.05) is 0 Å². The standard InChI is InChI=1S/3CH2O3.2Nd.10H2O/c3*2-1(3)4;;;;;;;;;;;;/h3*(H2,2,3,4);;;10*1H2/q;;;2*+3;;;;;;;;;;/p-6. The van der Waals surface area contributed by atoms with Gasteiger partial charge in [0.15, 0.2) is 0 Å². The number of carboxylic acid groups (broad SMARTS) is 6. The van der Waals surface area contributed by atoms with Crippen molar-refractivity contribution in [2.24, 2.45) is 0 Å². The van der Waals surface area contributed by atoms with Crippen LogP contribution in [0, 0.1) is 81.7 Å². The van der Waals surface area contributed by atoms with Crippen LogP contribution >= 0.6 is 0 Å². The zero-order valence-corrected chi connectivity index (χ0v) is 17.6. The van der Waals surface area contributed by atoms with Gasteiger partial charge in [-0.3, -0.25) is 0 Å². The number of hydrogen-bond acceptors (Lipinski definition) is 9. The van der Waals surface area contributed by atoms with Crippen LogP contribution in [0.1, 0.15) is 0 Å². The molecule has 0 saturated carbocycles. The molecular formula is C3H20Nd2O19. The first-order valence-corrected chi connectivity index (χ1v) is 1.84. The Kier molecular flexibility index (Phi) is 880. The summed E-state index contributed by atoms with van der Waals surface area (Å²) in [6, 6.07) is 0. The summed E-state index contributed by atoms with van der Waals surface area (Å²) in [4.78, 5) is 25.0. The largest absolute Gasteiger partial charge is 3.00 e. The van der Waals surface area contributed by atoms with Gasteiger partial charge in [-0.2, -0.15) is 0 Å². The summed E-state index contributed by atoms with van der Waals surface area (Å²) in [5.74, 6) is 0. The molecule has 0 aromatic rings. The predicted octanol–water partition coefficient (Wildman–Crippen LogP) is -15.6. The van der Waals surface area contributed by atoms with Crippen LogP contribution in [0.3, 0.4) is 0 Å². The quantitative estimate of drug-likeness (QED) is 0.240. The Morgan fingerprint density at radius 2 is 0.333 bits per heavy atom. The molecule has 0 aromatic carbocycles. The Morgan fingerprint density at radius 1 is 0.333 bits per heavy atom. The Bertz CT molecular complexity index is 120. The zero-order valence-electron chi connectivity index (χ0n) is 11.2. The van der Waals surface area contributed by atoms with E-state index in [1.54, 1.807) is 0 Å². The van der Waals surface area contributed by atoms with Gasteiger partial charge in [-0.05, 0) is 18.5 Å². The Labute approximate surface area is 198 Å². The van der Waals surface area contributed by atoms with Crippen molar-refractivity contribution >= 4 is 18.5 Å². The van der Waals surface area contributed by atoms with Crippen molar-refractivity contribution in [2.75, 3.05) is 0 Å². The first-order chi connectivity index (χ1) is 5.20. The molecule has 0 aromatic heterocycles. The van der Waals surface area contributed by atoms with E-state index in [2.05, 4.69) is 0 Å². The molecule has 0 aliphatic carbocycles. The first kappa shape index (κ1) is 155. The fraction of sp³-hybridized carbons (Fsp3) is 0. The maximum absolute atomic E-state index is 8.33. The molecule has 20 N–H and O–H groups in total. The number of carbonyl (C=O) groups excluding carboxylic acids is 3. The van der Waals surface area contributed by atoms with Crippen molar-refractivity contribution < 1.29 is 181 Å². The number of carbonyl (C=O) groups is 3. The van der Waals surface area contributed by atoms with Crippen LogP contribution in [0.25, 0.3) is 0 Å². The molecule has 0 fully saturated rings. The summed E-state index contributed by atoms with van der Waals surface area (Å²) in [6.45, 7) is 0. The summed E-state index contributed by atoms with van der Waals surface area (Å²) in [6.07, 6.45) is -7.00. The second-order valence-corrected chi connectivity index (χ2v) is 0.750. The van der Waals surface area contributed by atoms with E-state index in [1.165, 1.54) is 0 Å². The van der Waals surface area contributed by atoms with Crippen LogP contribution in [0.2, 0.25) is 0 Å². The molecule has 0 unspecified atom stereocenters. The minimum Gasteiger partial charge on any atom is -0.652 e. The maximum Gasteiger partial charge on any atom is 3.00 e. The Hall–Kier alpha value is 0.111. The molecule has 0 saturated heterocycles. The van der Waals surface area contributed by atoms with E-state index in [-0.39, 0.29) is 136 Å². The summed E-state index contributed by atoms with van der Waals surface area (Å²) in [5.41, 5.74) is 0. The van der Waals surface area contributed by atoms with E-state index in [9.17, 15) is 0 Å². The molecule has 0 bridgehead atoms. The molecule has 19 nitrogen and oxygen atoms in total. The van der Waals surface area contributed by atoms with E-state index in [1.807, 2.05) is 0 Å². The number of rotatable bonds is 0. The van der Waals surface area contributed by atoms with Crippen molar-refractivity contribution in [3.05, 3.63) is 0 Å². The van der Waals surface area contributed by atoms with Gasteiger partial charge in [0.2, 0.25) is 0 Å². The van der Waals surface area contributed by atoms with E-state index < -0.39 is 18.5 Å². The molecule has 24 heavy (non-hydrogen) atoms. The van der Waals surface area contributed by atoms with Crippen LogP contribution in [0.5, 0.6) is 0 Å². The Balaban J connectivity index is -0.00000000312. The maximum atomic E-state index is 8.33. The monoisotopic (exact) mass is 644 g/mol. The molecule has 0 amide bonds. The van der Waals surface area contributed by atoms with Crippen molar-refractivity contribution in [1.29, 1.82) is 0 Å². The summed E-state index contributed by atoms with van der Waals surface area (Å²) < 4.78 is 0. The van der Waals surface area contributed by atoms with Crippen molar-refractivity contribution in [2.45, 2.75) is 0 Å². The van der Waals surface area contributed by atoms with Crippen LogP contribution in [0.15, 0.2) is 0 Å². The molecule has 0 rings (SSSR count). The molecule has 2 radical (unpaired) electrons. The molecule has 0 spiro atoms. The molecule has 154 valence electrons. The van der Waals surface area contributed by atoms with Crippen LogP contribution in [-0.2, 0) is 0 Å². The van der Waals surface area contributed by atoms with Gasteiger partial charge < -0.3 is 99.8 Å². The summed E-state index contributed by atoms with van der Waals surface area (Å²) >= 11 is 0. The second kappa shape index (κ2) is 136. The van der Waals surface area contributed by atoms with E-state index >= 15 is 0 Å². The minimum absolute atomic E-state index is 0. The third kappa shape index (κ3) is 796000. The molecule has 0 heterocycles. The molecule has 0 atom stereocenters. The van der Waals surface area contributed by atoms with Gasteiger partial charge in [-0.25, -0.2) is 0 Å². The van der Waals surface area contributed by atoms with Gasteiger partial charge >= 0.3 is 81.7 Å². The van der Waals surface area contributed by atoms with Gasteiger partial charge in [0.25, 0.3) is 0 Å². The molecular weight excluding hydrogens is 628 g/mol. The van der Waals surface area contributed by atoms with Crippen molar-refractivity contribution in [3.8, 4) is 0 Å². The number of hydrogen-bond donors (Lipinski definition) is 0. The van der Waals surface area contributed by atoms with Gasteiger partial charge in [-0.15, -0.1) is 0 Å². The fourth-order valence-electron chi connectivity index (χ4n) is 0. The van der Waals surface area contributed by atoms with E-state index in [4.69, 9.17) is 45.0 Å². The average Bonchev–Trinajstić information content (AvgIpc) is 1.54. The average molecular weight is 649 g/mol. The smallest absolute Gasteiger partial charge is 0.652 e. The van der Waals surface area contributed by atoms with E-state index in [0.29, 0.717) is 0 Å².